The molecule has 0 fully saturated rings. The summed E-state index contributed by atoms with van der Waals surface area (Å²) in [4.78, 5) is 3.60. The molecular weight excluding hydrogens is 184 g/mol. The maximum atomic E-state index is 12.3. The summed E-state index contributed by atoms with van der Waals surface area (Å²) < 4.78 is 12.8. The summed E-state index contributed by atoms with van der Waals surface area (Å²) in [6.07, 6.45) is 1.07. The molecule has 0 aliphatic carbocycles. The van der Waals surface area contributed by atoms with Gasteiger partial charge in [0.1, 0.15) is 18.3 Å². The first-order chi connectivity index (χ1) is 4.20. The second-order valence-electron chi connectivity index (χ2n) is 1.53. The molecule has 0 spiro atoms. The van der Waals surface area contributed by atoms with Gasteiger partial charge in [0.15, 0.2) is 0 Å². The van der Waals surface area contributed by atoms with E-state index >= 15 is 0 Å². The Bertz CT molecular complexity index is 228. The number of nitrogens with zero attached hydrogens (tertiary/aromatic N) is 1. The molecule has 44 valence electrons. The summed E-state index contributed by atoms with van der Waals surface area (Å²) >= 11 is 3.04. The molecule has 1 heterocycles. The minimum absolute atomic E-state index is 0.108. The molecule has 0 aliphatic rings. The van der Waals surface area contributed by atoms with Gasteiger partial charge in [-0.25, -0.2) is 9.37 Å². The third kappa shape index (κ3) is 1.51. The molecule has 4 heteroatoms. The van der Waals surface area contributed by atoms with E-state index in [1.165, 1.54) is 6.07 Å². The number of hydrogen-bond acceptors (Lipinski definition) is 1. The highest BCUT2D eigenvalue weighted by molar-refractivity contribution is 9.10. The fourth-order valence-electron chi connectivity index (χ4n) is 0.427. The zero-order valence-electron chi connectivity index (χ0n) is 4.44. The Labute approximate surface area is 61.8 Å². The average Bonchev–Trinajstić information content (AvgIpc) is 1.80. The van der Waals surface area contributed by atoms with E-state index in [0.717, 1.165) is 6.20 Å². The number of halogens is 2. The predicted molar refractivity (Wildman–Crippen MR) is 37.3 cm³/mol. The van der Waals surface area contributed by atoms with Gasteiger partial charge in [-0.2, -0.15) is 0 Å². The molecule has 1 nitrogen and oxygen atoms in total. The third-order valence-electron chi connectivity index (χ3n) is 0.852. The monoisotopic (exact) mass is 185 g/mol. The van der Waals surface area contributed by atoms with E-state index in [1.807, 2.05) is 0 Å². The van der Waals surface area contributed by atoms with Gasteiger partial charge in [0.25, 0.3) is 0 Å². The molecule has 0 N–H and O–H groups in total. The second kappa shape index (κ2) is 2.48. The van der Waals surface area contributed by atoms with E-state index in [-0.39, 0.29) is 5.46 Å². The number of rotatable bonds is 0. The summed E-state index contributed by atoms with van der Waals surface area (Å²) in [7, 11) is 5.18. The van der Waals surface area contributed by atoms with Crippen LogP contribution in [-0.4, -0.2) is 12.8 Å². The Morgan fingerprint density at radius 1 is 1.67 bits per heavy atom. The smallest absolute Gasteiger partial charge is 0.134 e. The van der Waals surface area contributed by atoms with Crippen LogP contribution in [0.1, 0.15) is 0 Å². The van der Waals surface area contributed by atoms with Gasteiger partial charge in [0.05, 0.1) is 6.20 Å². The van der Waals surface area contributed by atoms with Gasteiger partial charge in [0.2, 0.25) is 0 Å². The first-order valence-corrected chi connectivity index (χ1v) is 3.06. The van der Waals surface area contributed by atoms with Crippen molar-refractivity contribution in [2.75, 3.05) is 0 Å². The topological polar surface area (TPSA) is 12.9 Å². The SMILES string of the molecule is [B]c1cc(Br)ncc1F. The van der Waals surface area contributed by atoms with Crippen LogP contribution in [0.15, 0.2) is 16.9 Å². The van der Waals surface area contributed by atoms with Gasteiger partial charge in [-0.3, -0.25) is 0 Å². The van der Waals surface area contributed by atoms with Crippen molar-refractivity contribution in [1.29, 1.82) is 0 Å². The van der Waals surface area contributed by atoms with Gasteiger partial charge in [-0.15, -0.1) is 0 Å². The molecule has 0 atom stereocenters. The summed E-state index contributed by atoms with van der Waals surface area (Å²) in [6.45, 7) is 0. The molecule has 0 saturated carbocycles. The van der Waals surface area contributed by atoms with Crippen LogP contribution in [0.25, 0.3) is 0 Å². The van der Waals surface area contributed by atoms with Gasteiger partial charge in [-0.1, -0.05) is 5.46 Å². The van der Waals surface area contributed by atoms with E-state index in [9.17, 15) is 4.39 Å². The van der Waals surface area contributed by atoms with E-state index < -0.39 is 5.82 Å². The lowest BCUT2D eigenvalue weighted by molar-refractivity contribution is 0.629. The minimum atomic E-state index is -0.488. The lowest BCUT2D eigenvalue weighted by Crippen LogP contribution is -2.08. The fourth-order valence-corrected chi connectivity index (χ4v) is 0.776. The van der Waals surface area contributed by atoms with Crippen molar-refractivity contribution in [2.45, 2.75) is 0 Å². The maximum Gasteiger partial charge on any atom is 0.134 e. The van der Waals surface area contributed by atoms with Gasteiger partial charge >= 0.3 is 0 Å². The largest absolute Gasteiger partial charge is 0.246 e. The van der Waals surface area contributed by atoms with Crippen molar-refractivity contribution in [3.05, 3.63) is 22.7 Å². The maximum absolute atomic E-state index is 12.3. The van der Waals surface area contributed by atoms with E-state index in [2.05, 4.69) is 20.9 Å². The molecular formula is C5H2BBrFN. The molecule has 1 aromatic rings. The van der Waals surface area contributed by atoms with Crippen LogP contribution in [0.4, 0.5) is 4.39 Å². The van der Waals surface area contributed by atoms with E-state index in [0.29, 0.717) is 4.60 Å². The third-order valence-corrected chi connectivity index (χ3v) is 1.29. The first kappa shape index (κ1) is 6.74. The minimum Gasteiger partial charge on any atom is -0.246 e. The number of hydrogen-bond donors (Lipinski definition) is 0. The molecule has 1 aromatic heterocycles. The normalized spacial score (nSPS) is 9.56. The van der Waals surface area contributed by atoms with Crippen LogP contribution >= 0.6 is 15.9 Å². The quantitative estimate of drug-likeness (QED) is 0.430. The lowest BCUT2D eigenvalue weighted by atomic mass is 9.98. The van der Waals surface area contributed by atoms with Crippen LogP contribution in [-0.2, 0) is 0 Å². The molecule has 2 radical (unpaired) electrons. The predicted octanol–water partition coefficient (Wildman–Crippen LogP) is 0.777. The summed E-state index contributed by atoms with van der Waals surface area (Å²) in [5.74, 6) is -0.488. The van der Waals surface area contributed by atoms with Crippen LogP contribution < -0.4 is 5.46 Å². The van der Waals surface area contributed by atoms with Gasteiger partial charge in [-0.05, 0) is 22.0 Å². The van der Waals surface area contributed by atoms with Crippen molar-refractivity contribution in [2.24, 2.45) is 0 Å². The fraction of sp³-hybridized carbons (Fsp3) is 0. The molecule has 0 aromatic carbocycles. The highest BCUT2D eigenvalue weighted by Gasteiger charge is 1.95. The van der Waals surface area contributed by atoms with E-state index in [4.69, 9.17) is 7.85 Å². The number of pyridine rings is 1. The Balaban J connectivity index is 3.17. The van der Waals surface area contributed by atoms with Crippen molar-refractivity contribution in [3.8, 4) is 0 Å². The molecule has 0 amide bonds. The highest BCUT2D eigenvalue weighted by atomic mass is 79.9. The lowest BCUT2D eigenvalue weighted by Gasteiger charge is -1.93. The Kier molecular flexibility index (Phi) is 1.85. The average molecular weight is 186 g/mol. The van der Waals surface area contributed by atoms with E-state index in [1.54, 1.807) is 0 Å². The Morgan fingerprint density at radius 3 is 2.78 bits per heavy atom. The zero-order chi connectivity index (χ0) is 6.85. The number of aromatic nitrogens is 1. The van der Waals surface area contributed by atoms with Crippen molar-refractivity contribution < 1.29 is 4.39 Å². The summed E-state index contributed by atoms with van der Waals surface area (Å²) in [5.41, 5.74) is 0.108. The Morgan fingerprint density at radius 2 is 2.33 bits per heavy atom. The highest BCUT2D eigenvalue weighted by Crippen LogP contribution is 2.01. The van der Waals surface area contributed by atoms with Crippen LogP contribution in [0, 0.1) is 5.82 Å². The van der Waals surface area contributed by atoms with Crippen LogP contribution in [0.5, 0.6) is 0 Å². The molecule has 0 aliphatic heterocycles. The van der Waals surface area contributed by atoms with Crippen LogP contribution in [0.2, 0.25) is 0 Å². The van der Waals surface area contributed by atoms with Crippen molar-refractivity contribution >= 4 is 29.2 Å². The molecule has 0 bridgehead atoms. The van der Waals surface area contributed by atoms with Gasteiger partial charge in [0, 0.05) is 0 Å². The summed E-state index contributed by atoms with van der Waals surface area (Å²) in [6, 6.07) is 1.41. The van der Waals surface area contributed by atoms with Crippen LogP contribution in [0.3, 0.4) is 0 Å². The van der Waals surface area contributed by atoms with Crippen molar-refractivity contribution in [3.63, 3.8) is 0 Å². The molecule has 1 rings (SSSR count). The second-order valence-corrected chi connectivity index (χ2v) is 2.34. The molecule has 0 saturated heterocycles. The van der Waals surface area contributed by atoms with Crippen molar-refractivity contribution in [1.82, 2.24) is 4.98 Å². The standard InChI is InChI=1S/C5H2BBrFN/c6-3-1-5(7)9-2-4(3)8/h1-2H. The Hall–Kier alpha value is -0.375. The van der Waals surface area contributed by atoms with Gasteiger partial charge < -0.3 is 0 Å². The first-order valence-electron chi connectivity index (χ1n) is 2.26. The molecule has 0 unspecified atom stereocenters. The summed E-state index contributed by atoms with van der Waals surface area (Å²) in [5, 5.41) is 0. The zero-order valence-corrected chi connectivity index (χ0v) is 6.02. The molecule has 9 heavy (non-hydrogen) atoms.